The molecular formula is C14H22N2O4S. The zero-order valence-corrected chi connectivity index (χ0v) is 13.6. The lowest BCUT2D eigenvalue weighted by Gasteiger charge is -2.17. The number of ether oxygens (including phenoxy) is 1. The summed E-state index contributed by atoms with van der Waals surface area (Å²) in [5.74, 6) is -0.236. The zero-order valence-electron chi connectivity index (χ0n) is 12.8. The van der Waals surface area contributed by atoms with Crippen LogP contribution in [0.4, 0.5) is 5.69 Å². The predicted octanol–water partition coefficient (Wildman–Crippen LogP) is 2.03. The summed E-state index contributed by atoms with van der Waals surface area (Å²) in [6.07, 6.45) is 1.41. The topological polar surface area (TPSA) is 98.5 Å². The van der Waals surface area contributed by atoms with Crippen LogP contribution in [0.15, 0.2) is 17.0 Å². The standard InChI is InChI=1S/C14H22N2O4S/c1-5-10(6-2)14(17)16-11-7-9(3)8-12(13(11)20-4)21(15,18)19/h7-8,10H,5-6H2,1-4H3,(H,16,17)(H2,15,18,19). The minimum Gasteiger partial charge on any atom is -0.493 e. The van der Waals surface area contributed by atoms with Gasteiger partial charge in [0.2, 0.25) is 15.9 Å². The van der Waals surface area contributed by atoms with Crippen molar-refractivity contribution < 1.29 is 17.9 Å². The van der Waals surface area contributed by atoms with Gasteiger partial charge in [0.15, 0.2) is 5.75 Å². The first-order chi connectivity index (χ1) is 9.74. The minimum absolute atomic E-state index is 0.0578. The van der Waals surface area contributed by atoms with Crippen molar-refractivity contribution in [1.82, 2.24) is 0 Å². The van der Waals surface area contributed by atoms with E-state index >= 15 is 0 Å². The number of rotatable bonds is 6. The second-order valence-corrected chi connectivity index (χ2v) is 6.42. The number of hydrogen-bond donors (Lipinski definition) is 2. The van der Waals surface area contributed by atoms with Crippen molar-refractivity contribution in [1.29, 1.82) is 0 Å². The lowest BCUT2D eigenvalue weighted by atomic mass is 10.0. The second kappa shape index (κ2) is 6.91. The van der Waals surface area contributed by atoms with E-state index in [0.717, 1.165) is 0 Å². The molecule has 0 atom stereocenters. The molecular weight excluding hydrogens is 292 g/mol. The van der Waals surface area contributed by atoms with Crippen molar-refractivity contribution in [2.24, 2.45) is 11.1 Å². The summed E-state index contributed by atoms with van der Waals surface area (Å²) >= 11 is 0. The molecule has 0 radical (unpaired) electrons. The van der Waals surface area contributed by atoms with Crippen molar-refractivity contribution in [2.45, 2.75) is 38.5 Å². The molecule has 0 aliphatic rings. The summed E-state index contributed by atoms with van der Waals surface area (Å²) in [7, 11) is -2.59. The Morgan fingerprint density at radius 3 is 2.33 bits per heavy atom. The Hall–Kier alpha value is -1.60. The number of hydrogen-bond acceptors (Lipinski definition) is 4. The van der Waals surface area contributed by atoms with Crippen LogP contribution in [0.5, 0.6) is 5.75 Å². The van der Waals surface area contributed by atoms with Crippen LogP contribution >= 0.6 is 0 Å². The van der Waals surface area contributed by atoms with Crippen LogP contribution in [0.3, 0.4) is 0 Å². The molecule has 0 aromatic heterocycles. The summed E-state index contributed by atoms with van der Waals surface area (Å²) in [5, 5.41) is 7.93. The number of anilines is 1. The number of sulfonamides is 1. The van der Waals surface area contributed by atoms with Crippen molar-refractivity contribution in [2.75, 3.05) is 12.4 Å². The molecule has 0 fully saturated rings. The van der Waals surface area contributed by atoms with E-state index in [0.29, 0.717) is 24.1 Å². The summed E-state index contributed by atoms with van der Waals surface area (Å²) in [6, 6.07) is 3.08. The van der Waals surface area contributed by atoms with Gasteiger partial charge in [-0.2, -0.15) is 0 Å². The van der Waals surface area contributed by atoms with Gasteiger partial charge < -0.3 is 10.1 Å². The van der Waals surface area contributed by atoms with Gasteiger partial charge in [0, 0.05) is 5.92 Å². The average molecular weight is 314 g/mol. The molecule has 0 spiro atoms. The van der Waals surface area contributed by atoms with Crippen molar-refractivity contribution in [3.05, 3.63) is 17.7 Å². The first-order valence-electron chi connectivity index (χ1n) is 6.76. The van der Waals surface area contributed by atoms with E-state index in [4.69, 9.17) is 9.88 Å². The van der Waals surface area contributed by atoms with Crippen molar-refractivity contribution in [3.8, 4) is 5.75 Å². The molecule has 0 aliphatic carbocycles. The van der Waals surface area contributed by atoms with Crippen LogP contribution in [-0.2, 0) is 14.8 Å². The third kappa shape index (κ3) is 4.18. The van der Waals surface area contributed by atoms with Gasteiger partial charge in [-0.3, -0.25) is 4.79 Å². The maximum atomic E-state index is 12.2. The van der Waals surface area contributed by atoms with Gasteiger partial charge >= 0.3 is 0 Å². The number of carbonyl (C=O) groups excluding carboxylic acids is 1. The Labute approximate surface area is 125 Å². The predicted molar refractivity (Wildman–Crippen MR) is 81.8 cm³/mol. The number of carbonyl (C=O) groups is 1. The van der Waals surface area contributed by atoms with Crippen LogP contribution in [0, 0.1) is 12.8 Å². The molecule has 1 aromatic rings. The second-order valence-electron chi connectivity index (χ2n) is 4.89. The van der Waals surface area contributed by atoms with Crippen LogP contribution in [-0.4, -0.2) is 21.4 Å². The van der Waals surface area contributed by atoms with E-state index in [1.54, 1.807) is 13.0 Å². The smallest absolute Gasteiger partial charge is 0.241 e. The molecule has 0 unspecified atom stereocenters. The number of methoxy groups -OCH3 is 1. The molecule has 1 amide bonds. The monoisotopic (exact) mass is 314 g/mol. The van der Waals surface area contributed by atoms with Crippen molar-refractivity contribution >= 4 is 21.6 Å². The molecule has 0 bridgehead atoms. The van der Waals surface area contributed by atoms with E-state index in [1.165, 1.54) is 13.2 Å². The van der Waals surface area contributed by atoms with Crippen LogP contribution in [0.25, 0.3) is 0 Å². The highest BCUT2D eigenvalue weighted by atomic mass is 32.2. The summed E-state index contributed by atoms with van der Waals surface area (Å²) in [5.41, 5.74) is 0.984. The number of aryl methyl sites for hydroxylation is 1. The molecule has 0 saturated carbocycles. The van der Waals surface area contributed by atoms with Crippen LogP contribution in [0.2, 0.25) is 0 Å². The van der Waals surface area contributed by atoms with Gasteiger partial charge in [-0.25, -0.2) is 13.6 Å². The quantitative estimate of drug-likeness (QED) is 0.839. The number of primary sulfonamides is 1. The fraction of sp³-hybridized carbons (Fsp3) is 0.500. The maximum Gasteiger partial charge on any atom is 0.241 e. The SMILES string of the molecule is CCC(CC)C(=O)Nc1cc(C)cc(S(N)(=O)=O)c1OC. The highest BCUT2D eigenvalue weighted by Gasteiger charge is 2.22. The average Bonchev–Trinajstić information content (AvgIpc) is 2.38. The normalized spacial score (nSPS) is 11.5. The van der Waals surface area contributed by atoms with E-state index in [2.05, 4.69) is 5.32 Å². The Morgan fingerprint density at radius 2 is 1.90 bits per heavy atom. The molecule has 0 saturated heterocycles. The zero-order chi connectivity index (χ0) is 16.2. The summed E-state index contributed by atoms with van der Waals surface area (Å²) in [4.78, 5) is 12.0. The minimum atomic E-state index is -3.93. The Bertz CT molecular complexity index is 622. The summed E-state index contributed by atoms with van der Waals surface area (Å²) < 4.78 is 28.4. The fourth-order valence-corrected chi connectivity index (χ4v) is 2.95. The third-order valence-corrected chi connectivity index (χ3v) is 4.24. The van der Waals surface area contributed by atoms with Gasteiger partial charge in [-0.05, 0) is 37.5 Å². The van der Waals surface area contributed by atoms with E-state index < -0.39 is 10.0 Å². The first kappa shape index (κ1) is 17.5. The number of amides is 1. The molecule has 7 heteroatoms. The third-order valence-electron chi connectivity index (χ3n) is 3.32. The lowest BCUT2D eigenvalue weighted by Crippen LogP contribution is -2.23. The molecule has 0 aliphatic heterocycles. The molecule has 1 aromatic carbocycles. The highest BCUT2D eigenvalue weighted by molar-refractivity contribution is 7.89. The van der Waals surface area contributed by atoms with Gasteiger partial charge in [0.05, 0.1) is 12.8 Å². The number of benzene rings is 1. The first-order valence-corrected chi connectivity index (χ1v) is 8.31. The Morgan fingerprint density at radius 1 is 1.33 bits per heavy atom. The van der Waals surface area contributed by atoms with E-state index in [1.807, 2.05) is 13.8 Å². The maximum absolute atomic E-state index is 12.2. The molecule has 21 heavy (non-hydrogen) atoms. The van der Waals surface area contributed by atoms with Crippen molar-refractivity contribution in [3.63, 3.8) is 0 Å². The number of nitrogens with one attached hydrogen (secondary N) is 1. The van der Waals surface area contributed by atoms with Gasteiger partial charge in [-0.15, -0.1) is 0 Å². The lowest BCUT2D eigenvalue weighted by molar-refractivity contribution is -0.120. The van der Waals surface area contributed by atoms with Gasteiger partial charge in [0.25, 0.3) is 0 Å². The molecule has 3 N–H and O–H groups in total. The largest absolute Gasteiger partial charge is 0.493 e. The molecule has 1 rings (SSSR count). The van der Waals surface area contributed by atoms with Crippen LogP contribution < -0.4 is 15.2 Å². The van der Waals surface area contributed by atoms with Gasteiger partial charge in [-0.1, -0.05) is 13.8 Å². The Balaban J connectivity index is 3.30. The molecule has 6 nitrogen and oxygen atoms in total. The molecule has 118 valence electrons. The fourth-order valence-electron chi connectivity index (χ4n) is 2.15. The van der Waals surface area contributed by atoms with Crippen LogP contribution in [0.1, 0.15) is 32.3 Å². The molecule has 0 heterocycles. The van der Waals surface area contributed by atoms with E-state index in [9.17, 15) is 13.2 Å². The number of nitrogens with two attached hydrogens (primary N) is 1. The Kier molecular flexibility index (Phi) is 5.74. The van der Waals surface area contributed by atoms with E-state index in [-0.39, 0.29) is 22.5 Å². The highest BCUT2D eigenvalue weighted by Crippen LogP contribution is 2.33. The summed E-state index contributed by atoms with van der Waals surface area (Å²) in [6.45, 7) is 5.58. The van der Waals surface area contributed by atoms with Gasteiger partial charge in [0.1, 0.15) is 4.90 Å².